The molecule has 0 N–H and O–H groups in total. The summed E-state index contributed by atoms with van der Waals surface area (Å²) in [6, 6.07) is 15.1. The van der Waals surface area contributed by atoms with Gasteiger partial charge in [0, 0.05) is 10.6 Å². The SMILES string of the molecule is C=C(C)[C@H]1CC[C@@]2(C)O[P@@](=S)(c3ccc4ccccc4c3)S[C@@H]2C1. The third-order valence-corrected chi connectivity index (χ3v) is 12.4. The summed E-state index contributed by atoms with van der Waals surface area (Å²) in [6.45, 7) is 8.61. The van der Waals surface area contributed by atoms with Gasteiger partial charge in [-0.15, -0.1) is 0 Å². The summed E-state index contributed by atoms with van der Waals surface area (Å²) in [5.74, 6) is 0.623. The molecule has 1 aliphatic carbocycles. The molecule has 2 aromatic carbocycles. The lowest BCUT2D eigenvalue weighted by atomic mass is 9.77. The number of fused-ring (bicyclic) bond motifs is 2. The van der Waals surface area contributed by atoms with Gasteiger partial charge in [0.1, 0.15) is 5.47 Å². The molecule has 4 heteroatoms. The lowest BCUT2D eigenvalue weighted by Crippen LogP contribution is -2.40. The fraction of sp³-hybridized carbons (Fsp3) is 0.400. The topological polar surface area (TPSA) is 9.23 Å². The first-order valence-corrected chi connectivity index (χ1v) is 12.7. The van der Waals surface area contributed by atoms with Crippen molar-refractivity contribution in [3.8, 4) is 0 Å². The van der Waals surface area contributed by atoms with Crippen LogP contribution in [0.25, 0.3) is 10.8 Å². The highest BCUT2D eigenvalue weighted by molar-refractivity contribution is 8.72. The van der Waals surface area contributed by atoms with Crippen LogP contribution in [0, 0.1) is 5.92 Å². The summed E-state index contributed by atoms with van der Waals surface area (Å²) in [5.41, 5.74) is -0.797. The molecule has 1 saturated heterocycles. The minimum atomic E-state index is -2.03. The molecule has 2 fully saturated rings. The average molecular weight is 375 g/mol. The minimum Gasteiger partial charge on any atom is -0.331 e. The Morgan fingerprint density at radius 1 is 1.29 bits per heavy atom. The zero-order valence-corrected chi connectivity index (χ0v) is 16.7. The zero-order chi connectivity index (χ0) is 16.9. The van der Waals surface area contributed by atoms with Crippen LogP contribution in [-0.2, 0) is 16.3 Å². The van der Waals surface area contributed by atoms with Gasteiger partial charge in [-0.1, -0.05) is 71.7 Å². The van der Waals surface area contributed by atoms with Gasteiger partial charge >= 0.3 is 0 Å². The van der Waals surface area contributed by atoms with Gasteiger partial charge in [0.05, 0.1) is 5.60 Å². The van der Waals surface area contributed by atoms with E-state index < -0.39 is 5.47 Å². The van der Waals surface area contributed by atoms with E-state index in [1.807, 2.05) is 11.4 Å². The summed E-state index contributed by atoms with van der Waals surface area (Å²) in [6.07, 6.45) is 3.42. The molecule has 0 radical (unpaired) electrons. The molecular weight excluding hydrogens is 351 g/mol. The summed E-state index contributed by atoms with van der Waals surface area (Å²) >= 11 is 8.06. The second-order valence-corrected chi connectivity index (χ2v) is 14.2. The van der Waals surface area contributed by atoms with E-state index in [-0.39, 0.29) is 5.60 Å². The van der Waals surface area contributed by atoms with Crippen molar-refractivity contribution in [1.29, 1.82) is 0 Å². The van der Waals surface area contributed by atoms with E-state index in [4.69, 9.17) is 16.3 Å². The molecular formula is C20H23OPS2. The van der Waals surface area contributed by atoms with Gasteiger partial charge in [-0.3, -0.25) is 0 Å². The van der Waals surface area contributed by atoms with Gasteiger partial charge in [-0.25, -0.2) is 0 Å². The van der Waals surface area contributed by atoms with Gasteiger partial charge in [0.25, 0.3) is 0 Å². The van der Waals surface area contributed by atoms with Crippen LogP contribution in [0.5, 0.6) is 0 Å². The van der Waals surface area contributed by atoms with E-state index in [0.29, 0.717) is 11.2 Å². The molecule has 0 spiro atoms. The Hall–Kier alpha value is -0.600. The molecule has 4 atom stereocenters. The van der Waals surface area contributed by atoms with Crippen LogP contribution in [-0.4, -0.2) is 10.9 Å². The van der Waals surface area contributed by atoms with Gasteiger partial charge in [-0.05, 0) is 55.9 Å². The molecule has 2 aromatic rings. The first-order valence-electron chi connectivity index (χ1n) is 8.54. The Kier molecular flexibility index (Phi) is 4.20. The van der Waals surface area contributed by atoms with Crippen molar-refractivity contribution in [3.63, 3.8) is 0 Å². The molecule has 0 aromatic heterocycles. The highest BCUT2D eigenvalue weighted by atomic mass is 32.9. The smallest absolute Gasteiger partial charge is 0.149 e. The van der Waals surface area contributed by atoms with Crippen LogP contribution in [0.3, 0.4) is 0 Å². The third kappa shape index (κ3) is 2.80. The molecule has 24 heavy (non-hydrogen) atoms. The number of allylic oxidation sites excluding steroid dienone is 1. The minimum absolute atomic E-state index is 0.0716. The third-order valence-electron chi connectivity index (χ3n) is 5.51. The first kappa shape index (κ1) is 16.8. The highest BCUT2D eigenvalue weighted by Gasteiger charge is 2.52. The van der Waals surface area contributed by atoms with Gasteiger partial charge < -0.3 is 4.52 Å². The molecule has 1 nitrogen and oxygen atoms in total. The van der Waals surface area contributed by atoms with Crippen LogP contribution >= 0.6 is 16.8 Å². The molecule has 1 aliphatic heterocycles. The van der Waals surface area contributed by atoms with E-state index in [0.717, 1.165) is 12.8 Å². The Balaban J connectivity index is 1.68. The number of hydrogen-bond acceptors (Lipinski definition) is 3. The summed E-state index contributed by atoms with van der Waals surface area (Å²) in [7, 11) is 0. The van der Waals surface area contributed by atoms with E-state index >= 15 is 0 Å². The van der Waals surface area contributed by atoms with Crippen LogP contribution in [0.4, 0.5) is 0 Å². The van der Waals surface area contributed by atoms with E-state index in [2.05, 4.69) is 62.9 Å². The van der Waals surface area contributed by atoms with Gasteiger partial charge in [0.15, 0.2) is 0 Å². The Labute approximate surface area is 153 Å². The number of benzene rings is 2. The fourth-order valence-corrected chi connectivity index (χ4v) is 11.6. The number of hydrogen-bond donors (Lipinski definition) is 0. The summed E-state index contributed by atoms with van der Waals surface area (Å²) < 4.78 is 6.66. The molecule has 0 amide bonds. The maximum atomic E-state index is 6.66. The van der Waals surface area contributed by atoms with Crippen LogP contribution in [0.1, 0.15) is 33.1 Å². The van der Waals surface area contributed by atoms with Gasteiger partial charge in [0.2, 0.25) is 0 Å². The number of rotatable bonds is 2. The van der Waals surface area contributed by atoms with Crippen LogP contribution in [0.2, 0.25) is 0 Å². The molecule has 2 aliphatic rings. The van der Waals surface area contributed by atoms with Crippen LogP contribution < -0.4 is 5.30 Å². The maximum absolute atomic E-state index is 6.66. The predicted octanol–water partition coefficient (Wildman–Crippen LogP) is 6.04. The van der Waals surface area contributed by atoms with E-state index in [9.17, 15) is 0 Å². The Morgan fingerprint density at radius 3 is 2.79 bits per heavy atom. The highest BCUT2D eigenvalue weighted by Crippen LogP contribution is 2.73. The fourth-order valence-electron chi connectivity index (χ4n) is 3.88. The van der Waals surface area contributed by atoms with Crippen molar-refractivity contribution in [1.82, 2.24) is 0 Å². The predicted molar refractivity (Wildman–Crippen MR) is 111 cm³/mol. The zero-order valence-electron chi connectivity index (χ0n) is 14.2. The molecule has 1 heterocycles. The first-order chi connectivity index (χ1) is 11.4. The maximum Gasteiger partial charge on any atom is 0.149 e. The average Bonchev–Trinajstić information content (AvgIpc) is 2.84. The summed E-state index contributed by atoms with van der Waals surface area (Å²) in [4.78, 5) is 0. The quantitative estimate of drug-likeness (QED) is 0.468. The monoisotopic (exact) mass is 374 g/mol. The van der Waals surface area contributed by atoms with Crippen molar-refractivity contribution < 1.29 is 4.52 Å². The second-order valence-electron chi connectivity index (χ2n) is 7.34. The molecule has 0 unspecified atom stereocenters. The van der Waals surface area contributed by atoms with Crippen molar-refractivity contribution in [2.24, 2.45) is 5.92 Å². The molecule has 4 rings (SSSR count). The Bertz CT molecular complexity index is 862. The van der Waals surface area contributed by atoms with Crippen molar-refractivity contribution in [2.75, 3.05) is 0 Å². The second kappa shape index (κ2) is 5.99. The standard InChI is InChI=1S/C20H23OPS2/c1-14(2)16-10-11-20(3)19(13-16)24-22(23,21-20)18-9-8-15-6-4-5-7-17(15)12-18/h4-9,12,16,19H,1,10-11,13H2,2-3H3/t16-,19+,20+,22+/m0/s1. The molecule has 126 valence electrons. The van der Waals surface area contributed by atoms with E-state index in [1.54, 1.807) is 0 Å². The van der Waals surface area contributed by atoms with Gasteiger partial charge in [-0.2, -0.15) is 0 Å². The van der Waals surface area contributed by atoms with Crippen LogP contribution in [0.15, 0.2) is 54.6 Å². The van der Waals surface area contributed by atoms with Crippen molar-refractivity contribution in [3.05, 3.63) is 54.6 Å². The summed E-state index contributed by atoms with van der Waals surface area (Å²) in [5, 5.41) is 4.22. The lowest BCUT2D eigenvalue weighted by molar-refractivity contribution is 0.0685. The molecule has 0 bridgehead atoms. The van der Waals surface area contributed by atoms with E-state index in [1.165, 1.54) is 28.1 Å². The normalized spacial score (nSPS) is 35.8. The van der Waals surface area contributed by atoms with Crippen molar-refractivity contribution in [2.45, 2.75) is 44.0 Å². The van der Waals surface area contributed by atoms with Crippen molar-refractivity contribution >= 4 is 44.7 Å². The largest absolute Gasteiger partial charge is 0.331 e. The Morgan fingerprint density at radius 2 is 2.04 bits per heavy atom. The lowest BCUT2D eigenvalue weighted by Gasteiger charge is -2.38. The molecule has 1 saturated carbocycles.